The van der Waals surface area contributed by atoms with Gasteiger partial charge in [-0.25, -0.2) is 10.9 Å². The molecule has 1 aliphatic rings. The number of nitrogens with one attached hydrogen (secondary N) is 5. The van der Waals surface area contributed by atoms with Crippen molar-refractivity contribution in [3.05, 3.63) is 95.6 Å². The minimum Gasteiger partial charge on any atom is -0.460 e. The standard InChI is InChI=1S/C26H31N5O2/c1-18(2)24(26(32)33-17-20-8-4-3-5-9-20)27-16-19-12-14-21(15-13-19)22-10-6-7-11-23(22)25-28-30-31-29-25/h3-15,18,24-25,27-31H,16-17H2,1-2H3/t24-/m1/s1. The summed E-state index contributed by atoms with van der Waals surface area (Å²) in [7, 11) is 0. The van der Waals surface area contributed by atoms with Crippen LogP contribution in [0.15, 0.2) is 78.9 Å². The molecular formula is C26H31N5O2. The fourth-order valence-electron chi connectivity index (χ4n) is 3.86. The highest BCUT2D eigenvalue weighted by Crippen LogP contribution is 2.27. The fraction of sp³-hybridized carbons (Fsp3) is 0.269. The molecule has 1 fully saturated rings. The fourth-order valence-corrected chi connectivity index (χ4v) is 3.86. The molecule has 5 N–H and O–H groups in total. The van der Waals surface area contributed by atoms with E-state index in [0.717, 1.165) is 27.8 Å². The first-order valence-electron chi connectivity index (χ1n) is 11.2. The van der Waals surface area contributed by atoms with Crippen molar-refractivity contribution in [3.8, 4) is 11.1 Å². The molecule has 0 radical (unpaired) electrons. The molecule has 0 aromatic heterocycles. The molecule has 7 nitrogen and oxygen atoms in total. The van der Waals surface area contributed by atoms with E-state index in [0.29, 0.717) is 6.54 Å². The summed E-state index contributed by atoms with van der Waals surface area (Å²) < 4.78 is 5.56. The smallest absolute Gasteiger partial charge is 0.323 e. The number of esters is 1. The highest BCUT2D eigenvalue weighted by molar-refractivity contribution is 5.76. The van der Waals surface area contributed by atoms with E-state index in [1.165, 1.54) is 0 Å². The van der Waals surface area contributed by atoms with E-state index in [1.54, 1.807) is 0 Å². The van der Waals surface area contributed by atoms with Gasteiger partial charge < -0.3 is 10.1 Å². The Balaban J connectivity index is 1.37. The summed E-state index contributed by atoms with van der Waals surface area (Å²) in [6.07, 6.45) is -0.0313. The lowest BCUT2D eigenvalue weighted by Crippen LogP contribution is -2.41. The lowest BCUT2D eigenvalue weighted by atomic mass is 9.97. The average molecular weight is 446 g/mol. The molecule has 0 spiro atoms. The second-order valence-electron chi connectivity index (χ2n) is 8.45. The van der Waals surface area contributed by atoms with Gasteiger partial charge in [0, 0.05) is 6.54 Å². The summed E-state index contributed by atoms with van der Waals surface area (Å²) in [5.41, 5.74) is 17.5. The van der Waals surface area contributed by atoms with Gasteiger partial charge in [0.2, 0.25) is 0 Å². The number of ether oxygens (including phenoxy) is 1. The molecule has 1 atom stereocenters. The van der Waals surface area contributed by atoms with Gasteiger partial charge >= 0.3 is 5.97 Å². The number of carbonyl (C=O) groups is 1. The van der Waals surface area contributed by atoms with Crippen LogP contribution in [0.4, 0.5) is 0 Å². The minimum absolute atomic E-state index is 0.0313. The van der Waals surface area contributed by atoms with Crippen LogP contribution in [0.1, 0.15) is 36.7 Å². The number of hydrazine groups is 3. The Labute approximate surface area is 194 Å². The Morgan fingerprint density at radius 2 is 1.55 bits per heavy atom. The van der Waals surface area contributed by atoms with E-state index in [1.807, 2.05) is 56.3 Å². The normalized spacial score (nSPS) is 15.0. The van der Waals surface area contributed by atoms with Crippen molar-refractivity contribution in [1.29, 1.82) is 0 Å². The Bertz CT molecular complexity index is 1030. The monoisotopic (exact) mass is 445 g/mol. The van der Waals surface area contributed by atoms with Gasteiger partial charge in [0.25, 0.3) is 0 Å². The van der Waals surface area contributed by atoms with Crippen molar-refractivity contribution in [1.82, 2.24) is 27.2 Å². The molecule has 3 aromatic carbocycles. The summed E-state index contributed by atoms with van der Waals surface area (Å²) in [5.74, 6) is -0.105. The zero-order chi connectivity index (χ0) is 23.0. The molecule has 33 heavy (non-hydrogen) atoms. The van der Waals surface area contributed by atoms with Crippen LogP contribution in [0.5, 0.6) is 0 Å². The van der Waals surface area contributed by atoms with Crippen LogP contribution >= 0.6 is 0 Å². The topological polar surface area (TPSA) is 86.5 Å². The largest absolute Gasteiger partial charge is 0.460 e. The third-order valence-electron chi connectivity index (χ3n) is 5.70. The van der Waals surface area contributed by atoms with Crippen molar-refractivity contribution in [2.24, 2.45) is 5.92 Å². The second kappa shape index (κ2) is 11.2. The zero-order valence-electron chi connectivity index (χ0n) is 19.0. The van der Waals surface area contributed by atoms with Crippen LogP contribution in [0, 0.1) is 5.92 Å². The van der Waals surface area contributed by atoms with E-state index >= 15 is 0 Å². The third kappa shape index (κ3) is 6.04. The first-order valence-corrected chi connectivity index (χ1v) is 11.2. The molecular weight excluding hydrogens is 414 g/mol. The highest BCUT2D eigenvalue weighted by atomic mass is 16.5. The molecule has 3 aromatic rings. The summed E-state index contributed by atoms with van der Waals surface area (Å²) in [4.78, 5) is 12.7. The summed E-state index contributed by atoms with van der Waals surface area (Å²) in [6, 6.07) is 26.1. The zero-order valence-corrected chi connectivity index (χ0v) is 19.0. The quantitative estimate of drug-likeness (QED) is 0.323. The van der Waals surface area contributed by atoms with Crippen LogP contribution < -0.4 is 27.2 Å². The van der Waals surface area contributed by atoms with E-state index < -0.39 is 0 Å². The number of carbonyl (C=O) groups excluding carboxylic acids is 1. The maximum atomic E-state index is 12.7. The molecule has 0 saturated carbocycles. The minimum atomic E-state index is -0.367. The molecule has 1 saturated heterocycles. The lowest BCUT2D eigenvalue weighted by molar-refractivity contribution is -0.148. The van der Waals surface area contributed by atoms with Gasteiger partial charge in [-0.05, 0) is 33.7 Å². The summed E-state index contributed by atoms with van der Waals surface area (Å²) >= 11 is 0. The third-order valence-corrected chi connectivity index (χ3v) is 5.70. The van der Waals surface area contributed by atoms with Gasteiger partial charge in [0.15, 0.2) is 0 Å². The van der Waals surface area contributed by atoms with Crippen LogP contribution in [-0.4, -0.2) is 12.0 Å². The van der Waals surface area contributed by atoms with Gasteiger partial charge in [-0.3, -0.25) is 4.79 Å². The summed E-state index contributed by atoms with van der Waals surface area (Å²) in [5, 5.41) is 3.38. The van der Waals surface area contributed by atoms with Gasteiger partial charge in [0.1, 0.15) is 18.8 Å². The molecule has 0 aliphatic carbocycles. The molecule has 1 heterocycles. The predicted molar refractivity (Wildman–Crippen MR) is 129 cm³/mol. The SMILES string of the molecule is CC(C)[C@@H](NCc1ccc(-c2ccccc2C2NNNN2)cc1)C(=O)OCc1ccccc1. The van der Waals surface area contributed by atoms with Crippen molar-refractivity contribution < 1.29 is 9.53 Å². The second-order valence-corrected chi connectivity index (χ2v) is 8.45. The molecule has 7 heteroatoms. The Kier molecular flexibility index (Phi) is 7.83. The maximum absolute atomic E-state index is 12.7. The van der Waals surface area contributed by atoms with Crippen LogP contribution in [0.25, 0.3) is 11.1 Å². The number of rotatable bonds is 9. The van der Waals surface area contributed by atoms with E-state index in [-0.39, 0.29) is 30.7 Å². The van der Waals surface area contributed by atoms with Crippen molar-refractivity contribution in [3.63, 3.8) is 0 Å². The Morgan fingerprint density at radius 1 is 0.879 bits per heavy atom. The Hall–Kier alpha value is -3.07. The van der Waals surface area contributed by atoms with Crippen LogP contribution in [0.2, 0.25) is 0 Å². The van der Waals surface area contributed by atoms with E-state index in [9.17, 15) is 4.79 Å². The predicted octanol–water partition coefficient (Wildman–Crippen LogP) is 3.33. The molecule has 0 unspecified atom stereocenters. The molecule has 0 bridgehead atoms. The Morgan fingerprint density at radius 3 is 2.24 bits per heavy atom. The molecule has 4 rings (SSSR count). The van der Waals surface area contributed by atoms with Crippen molar-refractivity contribution in [2.75, 3.05) is 0 Å². The lowest BCUT2D eigenvalue weighted by Gasteiger charge is -2.21. The summed E-state index contributed by atoms with van der Waals surface area (Å²) in [6.45, 7) is 4.92. The van der Waals surface area contributed by atoms with Gasteiger partial charge in [0.05, 0.1) is 0 Å². The first kappa shape index (κ1) is 23.1. The molecule has 0 amide bonds. The van der Waals surface area contributed by atoms with Crippen molar-refractivity contribution >= 4 is 5.97 Å². The maximum Gasteiger partial charge on any atom is 0.323 e. The highest BCUT2D eigenvalue weighted by Gasteiger charge is 2.23. The molecule has 172 valence electrons. The van der Waals surface area contributed by atoms with Crippen LogP contribution in [0.3, 0.4) is 0 Å². The van der Waals surface area contributed by atoms with E-state index in [4.69, 9.17) is 4.74 Å². The van der Waals surface area contributed by atoms with E-state index in [2.05, 4.69) is 63.6 Å². The van der Waals surface area contributed by atoms with Crippen molar-refractivity contribution in [2.45, 2.75) is 39.2 Å². The van der Waals surface area contributed by atoms with Gasteiger partial charge in [-0.1, -0.05) is 92.7 Å². The number of benzene rings is 3. The number of hydrogen-bond donors (Lipinski definition) is 5. The molecule has 1 aliphatic heterocycles. The first-order chi connectivity index (χ1) is 16.1. The van der Waals surface area contributed by atoms with Crippen LogP contribution in [-0.2, 0) is 22.7 Å². The van der Waals surface area contributed by atoms with Gasteiger partial charge in [-0.15, -0.1) is 0 Å². The number of hydrogen-bond acceptors (Lipinski definition) is 7. The average Bonchev–Trinajstić information content (AvgIpc) is 3.39. The van der Waals surface area contributed by atoms with Gasteiger partial charge in [-0.2, -0.15) is 11.1 Å².